The Hall–Kier alpha value is -3.99. The minimum Gasteiger partial charge on any atom is -0.455 e. The summed E-state index contributed by atoms with van der Waals surface area (Å²) in [5.74, 6) is 2.64. The zero-order chi connectivity index (χ0) is 25.4. The van der Waals surface area contributed by atoms with Gasteiger partial charge >= 0.3 is 0 Å². The lowest BCUT2D eigenvalue weighted by molar-refractivity contribution is -0.114. The second-order valence-corrected chi connectivity index (χ2v) is 9.92. The van der Waals surface area contributed by atoms with Crippen molar-refractivity contribution in [3.05, 3.63) is 42.4 Å². The number of pyridine rings is 2. The zero-order valence-corrected chi connectivity index (χ0v) is 21.1. The first-order valence-electron chi connectivity index (χ1n) is 11.9. The highest BCUT2D eigenvalue weighted by Crippen LogP contribution is 2.32. The monoisotopic (exact) mass is 490 g/mol. The van der Waals surface area contributed by atoms with Crippen molar-refractivity contribution in [3.8, 4) is 11.5 Å². The molecule has 11 nitrogen and oxygen atoms in total. The largest absolute Gasteiger partial charge is 0.455 e. The molecule has 2 N–H and O–H groups in total. The number of rotatable bonds is 6. The molecule has 0 spiro atoms. The summed E-state index contributed by atoms with van der Waals surface area (Å²) in [7, 11) is 1.91. The van der Waals surface area contributed by atoms with Gasteiger partial charge in [-0.05, 0) is 12.5 Å². The quantitative estimate of drug-likeness (QED) is 0.410. The number of amides is 1. The van der Waals surface area contributed by atoms with Crippen molar-refractivity contribution in [2.45, 2.75) is 45.6 Å². The summed E-state index contributed by atoms with van der Waals surface area (Å²) in [4.78, 5) is 24.5. The second kappa shape index (κ2) is 9.23. The number of fused-ring (bicyclic) bond motifs is 1. The Morgan fingerprint density at radius 1 is 1.17 bits per heavy atom. The predicted molar refractivity (Wildman–Crippen MR) is 136 cm³/mol. The minimum absolute atomic E-state index is 0.0670. The van der Waals surface area contributed by atoms with Gasteiger partial charge in [-0.25, -0.2) is 9.97 Å². The molecule has 1 aliphatic rings. The number of aryl methyl sites for hydroxylation is 1. The van der Waals surface area contributed by atoms with Crippen LogP contribution >= 0.6 is 0 Å². The van der Waals surface area contributed by atoms with Gasteiger partial charge in [0.1, 0.15) is 17.3 Å². The van der Waals surface area contributed by atoms with Crippen LogP contribution in [0.4, 0.5) is 17.6 Å². The minimum atomic E-state index is -0.200. The molecule has 0 aliphatic carbocycles. The van der Waals surface area contributed by atoms with E-state index in [9.17, 15) is 4.79 Å². The highest BCUT2D eigenvalue weighted by atomic mass is 16.5. The summed E-state index contributed by atoms with van der Waals surface area (Å²) in [6.45, 7) is 9.41. The number of nitrogens with one attached hydrogen (secondary N) is 2. The van der Waals surface area contributed by atoms with Gasteiger partial charge in [-0.15, -0.1) is 0 Å². The molecular formula is C25H30N8O3. The van der Waals surface area contributed by atoms with E-state index in [2.05, 4.69) is 57.1 Å². The van der Waals surface area contributed by atoms with Crippen LogP contribution in [0.1, 0.15) is 45.9 Å². The highest BCUT2D eigenvalue weighted by Gasteiger charge is 2.28. The number of imidazole rings is 1. The van der Waals surface area contributed by atoms with Crippen molar-refractivity contribution in [1.82, 2.24) is 29.3 Å². The number of anilines is 3. The summed E-state index contributed by atoms with van der Waals surface area (Å²) in [5, 5.41) is 10.9. The van der Waals surface area contributed by atoms with E-state index in [0.29, 0.717) is 35.5 Å². The Morgan fingerprint density at radius 2 is 2.00 bits per heavy atom. The third kappa shape index (κ3) is 4.87. The average Bonchev–Trinajstić information content (AvgIpc) is 3.54. The van der Waals surface area contributed by atoms with Crippen LogP contribution in [0.2, 0.25) is 0 Å². The first-order chi connectivity index (χ1) is 17.2. The van der Waals surface area contributed by atoms with Gasteiger partial charge in [0.15, 0.2) is 11.5 Å². The predicted octanol–water partition coefficient (Wildman–Crippen LogP) is 4.31. The molecule has 1 aliphatic heterocycles. The van der Waals surface area contributed by atoms with Gasteiger partial charge in [0.25, 0.3) is 0 Å². The molecule has 188 valence electrons. The molecule has 0 radical (unpaired) electrons. The molecule has 1 fully saturated rings. The molecule has 1 atom stereocenters. The van der Waals surface area contributed by atoms with Crippen molar-refractivity contribution >= 4 is 34.7 Å². The number of hydrogen-bond donors (Lipinski definition) is 2. The Balaban J connectivity index is 1.40. The maximum atomic E-state index is 11.3. The molecule has 1 amide bonds. The third-order valence-electron chi connectivity index (χ3n) is 5.98. The summed E-state index contributed by atoms with van der Waals surface area (Å²) in [6, 6.07) is 7.55. The molecule has 5 rings (SSSR count). The molecule has 0 saturated carbocycles. The summed E-state index contributed by atoms with van der Waals surface area (Å²) in [6.07, 6.45) is 4.14. The average molecular weight is 491 g/mol. The van der Waals surface area contributed by atoms with Crippen molar-refractivity contribution in [1.29, 1.82) is 0 Å². The fourth-order valence-corrected chi connectivity index (χ4v) is 4.20. The number of aromatic nitrogens is 6. The van der Waals surface area contributed by atoms with Gasteiger partial charge < -0.3 is 24.7 Å². The molecule has 4 aromatic rings. The zero-order valence-electron chi connectivity index (χ0n) is 21.1. The van der Waals surface area contributed by atoms with Crippen LogP contribution in [0, 0.1) is 0 Å². The molecular weight excluding hydrogens is 460 g/mol. The fourth-order valence-electron chi connectivity index (χ4n) is 4.20. The van der Waals surface area contributed by atoms with E-state index in [0.717, 1.165) is 30.1 Å². The van der Waals surface area contributed by atoms with E-state index in [4.69, 9.17) is 14.6 Å². The molecule has 0 unspecified atom stereocenters. The van der Waals surface area contributed by atoms with Gasteiger partial charge in [-0.2, -0.15) is 10.1 Å². The van der Waals surface area contributed by atoms with Gasteiger partial charge in [-0.1, -0.05) is 20.8 Å². The van der Waals surface area contributed by atoms with E-state index in [1.807, 2.05) is 17.7 Å². The topological polar surface area (TPSA) is 121 Å². The van der Waals surface area contributed by atoms with Gasteiger partial charge in [-0.3, -0.25) is 9.48 Å². The summed E-state index contributed by atoms with van der Waals surface area (Å²) >= 11 is 0. The number of carbonyl (C=O) groups is 1. The van der Waals surface area contributed by atoms with E-state index in [1.54, 1.807) is 24.5 Å². The Kier molecular flexibility index (Phi) is 6.09. The van der Waals surface area contributed by atoms with Gasteiger partial charge in [0, 0.05) is 56.1 Å². The molecule has 5 heterocycles. The maximum absolute atomic E-state index is 11.3. The number of nitrogens with zero attached hydrogens (tertiary/aromatic N) is 6. The first kappa shape index (κ1) is 23.7. The third-order valence-corrected chi connectivity index (χ3v) is 5.98. The maximum Gasteiger partial charge on any atom is 0.222 e. The number of carbonyl (C=O) groups excluding carboxylic acids is 1. The van der Waals surface area contributed by atoms with Crippen LogP contribution in [0.15, 0.2) is 36.7 Å². The van der Waals surface area contributed by atoms with E-state index >= 15 is 0 Å². The Labute approximate surface area is 208 Å². The fraction of sp³-hybridized carbons (Fsp3) is 0.400. The van der Waals surface area contributed by atoms with Crippen LogP contribution in [0.3, 0.4) is 0 Å². The molecule has 1 saturated heterocycles. The molecule has 36 heavy (non-hydrogen) atoms. The van der Waals surface area contributed by atoms with Crippen molar-refractivity contribution in [2.24, 2.45) is 7.05 Å². The second-order valence-electron chi connectivity index (χ2n) is 9.92. The van der Waals surface area contributed by atoms with Gasteiger partial charge in [0.05, 0.1) is 24.4 Å². The van der Waals surface area contributed by atoms with E-state index in [1.165, 1.54) is 6.92 Å². The molecule has 0 bridgehead atoms. The molecule has 11 heteroatoms. The lowest BCUT2D eigenvalue weighted by Gasteiger charge is -2.22. The lowest BCUT2D eigenvalue weighted by Crippen LogP contribution is -2.22. The van der Waals surface area contributed by atoms with Crippen LogP contribution in [-0.2, 0) is 22.0 Å². The van der Waals surface area contributed by atoms with Crippen LogP contribution in [0.25, 0.3) is 11.2 Å². The highest BCUT2D eigenvalue weighted by molar-refractivity contribution is 5.87. The van der Waals surface area contributed by atoms with Crippen LogP contribution < -0.4 is 15.4 Å². The van der Waals surface area contributed by atoms with Crippen LogP contribution in [0.5, 0.6) is 11.5 Å². The number of hydrogen-bond acceptors (Lipinski definition) is 8. The standard InChI is InChI=1S/C25H30N8O3/c1-15(34)28-21-11-17(6-8-26-21)36-18-10-19-23(27-13-18)30-24(32(19)5)29-22-12-20(25(2,3)4)33(31-22)16-7-9-35-14-16/h6,8,10-13,16H,7,9,14H2,1-5H3,(H,26,28,34)(H,27,29,30,31)/t16-/m0/s1. The molecule has 4 aromatic heterocycles. The van der Waals surface area contributed by atoms with E-state index in [-0.39, 0.29) is 17.4 Å². The SMILES string of the molecule is CC(=O)Nc1cc(Oc2cnc3nc(Nc4cc(C(C)(C)C)n([C@H]5CCOC5)n4)n(C)c3c2)ccn1. The normalized spacial score (nSPS) is 15.9. The Morgan fingerprint density at radius 3 is 2.72 bits per heavy atom. The van der Waals surface area contributed by atoms with E-state index < -0.39 is 0 Å². The summed E-state index contributed by atoms with van der Waals surface area (Å²) < 4.78 is 15.6. The lowest BCUT2D eigenvalue weighted by atomic mass is 9.91. The summed E-state index contributed by atoms with van der Waals surface area (Å²) in [5.41, 5.74) is 2.46. The first-order valence-corrected chi connectivity index (χ1v) is 11.9. The van der Waals surface area contributed by atoms with Crippen LogP contribution in [-0.4, -0.2) is 48.4 Å². The van der Waals surface area contributed by atoms with Crippen molar-refractivity contribution < 1.29 is 14.3 Å². The Bertz CT molecular complexity index is 1410. The van der Waals surface area contributed by atoms with Crippen molar-refractivity contribution in [3.63, 3.8) is 0 Å². The smallest absolute Gasteiger partial charge is 0.222 e. The van der Waals surface area contributed by atoms with Gasteiger partial charge in [0.2, 0.25) is 11.9 Å². The number of ether oxygens (including phenoxy) is 2. The van der Waals surface area contributed by atoms with Crippen molar-refractivity contribution in [2.75, 3.05) is 23.8 Å². The molecule has 0 aromatic carbocycles.